The second-order valence-corrected chi connectivity index (χ2v) is 10.1. The number of carboxylic acid groups (broad SMARTS) is 2. The number of esters is 3. The van der Waals surface area contributed by atoms with Gasteiger partial charge in [-0.25, -0.2) is 19.2 Å². The Bertz CT molecular complexity index is 986. The summed E-state index contributed by atoms with van der Waals surface area (Å²) in [6, 6.07) is 0. The van der Waals surface area contributed by atoms with Crippen LogP contribution >= 0.6 is 0 Å². The molecule has 210 valence electrons. The average Bonchev–Trinajstić information content (AvgIpc) is 3.13. The molecule has 1 heterocycles. The van der Waals surface area contributed by atoms with Gasteiger partial charge in [0.1, 0.15) is 6.61 Å². The van der Waals surface area contributed by atoms with Crippen LogP contribution in [0, 0.1) is 11.8 Å². The molecule has 0 aromatic carbocycles. The minimum atomic E-state index is -1.30. The molecule has 0 saturated carbocycles. The second kappa shape index (κ2) is 15.9. The fourth-order valence-electron chi connectivity index (χ4n) is 5.22. The number of allylic oxidation sites excluding steroid dienone is 1. The van der Waals surface area contributed by atoms with Gasteiger partial charge in [-0.3, -0.25) is 4.79 Å². The number of carbonyl (C=O) groups excluding carboxylic acids is 3. The molecule has 0 radical (unpaired) electrons. The highest BCUT2D eigenvalue weighted by Gasteiger charge is 2.40. The number of aliphatic carboxylic acids is 2. The lowest BCUT2D eigenvalue weighted by Crippen LogP contribution is -2.21. The van der Waals surface area contributed by atoms with Crippen LogP contribution in [0.15, 0.2) is 34.4 Å². The topological polar surface area (TPSA) is 144 Å². The monoisotopic (exact) mass is 532 g/mol. The van der Waals surface area contributed by atoms with E-state index in [-0.39, 0.29) is 60.0 Å². The highest BCUT2D eigenvalue weighted by molar-refractivity contribution is 6.12. The molecule has 2 N–H and O–H groups in total. The van der Waals surface area contributed by atoms with E-state index in [1.165, 1.54) is 6.92 Å². The quantitative estimate of drug-likeness (QED) is 0.124. The van der Waals surface area contributed by atoms with Crippen LogP contribution in [0.25, 0.3) is 0 Å². The van der Waals surface area contributed by atoms with E-state index < -0.39 is 29.8 Å². The molecule has 2 aliphatic rings. The van der Waals surface area contributed by atoms with Crippen molar-refractivity contribution in [1.29, 1.82) is 0 Å². The Morgan fingerprint density at radius 2 is 1.53 bits per heavy atom. The van der Waals surface area contributed by atoms with Crippen LogP contribution in [0.1, 0.15) is 97.3 Å². The highest BCUT2D eigenvalue weighted by atomic mass is 16.6. The minimum absolute atomic E-state index is 0.0145. The van der Waals surface area contributed by atoms with Gasteiger partial charge in [0.05, 0.1) is 5.57 Å². The Hall–Kier alpha value is -3.23. The molecule has 0 fully saturated rings. The van der Waals surface area contributed by atoms with Gasteiger partial charge in [-0.05, 0) is 56.8 Å². The molecule has 0 saturated heterocycles. The molecule has 0 bridgehead atoms. The molecule has 0 unspecified atom stereocenters. The van der Waals surface area contributed by atoms with Crippen molar-refractivity contribution in [3.05, 3.63) is 34.4 Å². The van der Waals surface area contributed by atoms with Crippen LogP contribution in [0.2, 0.25) is 0 Å². The third-order valence-corrected chi connectivity index (χ3v) is 7.14. The molecule has 2 rings (SSSR count). The number of carboxylic acids is 2. The molecule has 2 atom stereocenters. The van der Waals surface area contributed by atoms with E-state index in [0.29, 0.717) is 32.1 Å². The van der Waals surface area contributed by atoms with Crippen molar-refractivity contribution in [2.24, 2.45) is 11.8 Å². The summed E-state index contributed by atoms with van der Waals surface area (Å²) in [7, 11) is 0. The van der Waals surface area contributed by atoms with Crippen molar-refractivity contribution in [2.75, 3.05) is 6.61 Å². The van der Waals surface area contributed by atoms with Gasteiger partial charge in [-0.15, -0.1) is 0 Å². The summed E-state index contributed by atoms with van der Waals surface area (Å²) < 4.78 is 9.75. The Morgan fingerprint density at radius 1 is 0.868 bits per heavy atom. The number of ether oxygens (including phenoxy) is 2. The summed E-state index contributed by atoms with van der Waals surface area (Å²) in [6.45, 7) is 3.61. The number of hydrogen-bond donors (Lipinski definition) is 2. The fourth-order valence-corrected chi connectivity index (χ4v) is 5.22. The lowest BCUT2D eigenvalue weighted by atomic mass is 9.83. The molecule has 0 aromatic rings. The number of rotatable bonds is 15. The van der Waals surface area contributed by atoms with E-state index in [9.17, 15) is 34.2 Å². The number of carbonyl (C=O) groups is 5. The van der Waals surface area contributed by atoms with Crippen molar-refractivity contribution < 1.29 is 43.7 Å². The zero-order valence-corrected chi connectivity index (χ0v) is 22.5. The number of hydrogen-bond acceptors (Lipinski definition) is 7. The number of unbranched alkanes of at least 4 members (excludes halogenated alkanes) is 6. The van der Waals surface area contributed by atoms with Gasteiger partial charge in [-0.1, -0.05) is 57.6 Å². The second-order valence-electron chi connectivity index (χ2n) is 10.1. The third kappa shape index (κ3) is 9.58. The summed E-state index contributed by atoms with van der Waals surface area (Å²) in [5, 5.41) is 20.2. The van der Waals surface area contributed by atoms with Crippen molar-refractivity contribution in [3.63, 3.8) is 0 Å². The Balaban J connectivity index is 2.29. The van der Waals surface area contributed by atoms with Gasteiger partial charge in [0.25, 0.3) is 0 Å². The van der Waals surface area contributed by atoms with Crippen LogP contribution in [-0.4, -0.2) is 46.7 Å². The summed E-state index contributed by atoms with van der Waals surface area (Å²) in [5.41, 5.74) is 0.112. The molecule has 0 aromatic heterocycles. The molecule has 0 spiro atoms. The maximum atomic E-state index is 12.6. The molecule has 9 nitrogen and oxygen atoms in total. The smallest absolute Gasteiger partial charge is 0.342 e. The zero-order chi connectivity index (χ0) is 28.1. The summed E-state index contributed by atoms with van der Waals surface area (Å²) in [6.07, 6.45) is 11.8. The Morgan fingerprint density at radius 3 is 2.16 bits per heavy atom. The summed E-state index contributed by atoms with van der Waals surface area (Å²) in [5.74, 6) is -5.48. The Labute approximate surface area is 224 Å². The van der Waals surface area contributed by atoms with E-state index in [1.807, 2.05) is 6.08 Å². The number of cyclic esters (lactones) is 2. The lowest BCUT2D eigenvalue weighted by molar-refractivity contribution is -0.151. The normalized spacial score (nSPS) is 20.2. The van der Waals surface area contributed by atoms with Gasteiger partial charge in [0.15, 0.2) is 0 Å². The van der Waals surface area contributed by atoms with E-state index in [4.69, 9.17) is 9.47 Å². The van der Waals surface area contributed by atoms with E-state index >= 15 is 0 Å². The van der Waals surface area contributed by atoms with Crippen molar-refractivity contribution >= 4 is 29.8 Å². The Kier molecular flexibility index (Phi) is 13.0. The maximum Gasteiger partial charge on any atom is 0.342 e. The standard InChI is InChI=1S/C29H40O9/c1-3-4-5-6-7-11-14-21-18-23-22(28(35)38-29(23)36)16-20(13-10-8-9-12-15-37-19(2)30)17-24(26(31)32)25(21)27(33)34/h9,12,20-21H,3-8,10-11,13-18H2,1-2H3,(H,31,32)(H,33,34)/b12-9+,25-24?/t20-,21-/m1/s1. The first-order valence-electron chi connectivity index (χ1n) is 13.6. The van der Waals surface area contributed by atoms with Gasteiger partial charge in [0.2, 0.25) is 0 Å². The predicted molar refractivity (Wildman–Crippen MR) is 139 cm³/mol. The summed E-state index contributed by atoms with van der Waals surface area (Å²) >= 11 is 0. The maximum absolute atomic E-state index is 12.6. The van der Waals surface area contributed by atoms with Crippen LogP contribution < -0.4 is 0 Å². The largest absolute Gasteiger partial charge is 0.478 e. The molecule has 1 aliphatic heterocycles. The third-order valence-electron chi connectivity index (χ3n) is 7.14. The van der Waals surface area contributed by atoms with Gasteiger partial charge < -0.3 is 19.7 Å². The van der Waals surface area contributed by atoms with Crippen LogP contribution in [0.4, 0.5) is 0 Å². The molecule has 1 aliphatic carbocycles. The average molecular weight is 533 g/mol. The first-order valence-corrected chi connectivity index (χ1v) is 13.6. The van der Waals surface area contributed by atoms with Gasteiger partial charge in [0, 0.05) is 23.6 Å². The fraction of sp³-hybridized carbons (Fsp3) is 0.621. The molecular formula is C29H40O9. The van der Waals surface area contributed by atoms with E-state index in [1.54, 1.807) is 6.08 Å². The van der Waals surface area contributed by atoms with E-state index in [0.717, 1.165) is 32.1 Å². The van der Waals surface area contributed by atoms with Crippen molar-refractivity contribution in [1.82, 2.24) is 0 Å². The molecular weight excluding hydrogens is 492 g/mol. The van der Waals surface area contributed by atoms with Crippen molar-refractivity contribution in [3.8, 4) is 0 Å². The molecule has 0 amide bonds. The SMILES string of the molecule is CCCCCCCC[C@@H]1CC2=C(C[C@@H](CCC/C=C/COC(C)=O)CC(C(=O)O)=C1C(=O)O)C(=O)OC2=O. The molecule has 9 heteroatoms. The molecule has 38 heavy (non-hydrogen) atoms. The summed E-state index contributed by atoms with van der Waals surface area (Å²) in [4.78, 5) is 60.7. The van der Waals surface area contributed by atoms with Gasteiger partial charge in [-0.2, -0.15) is 0 Å². The van der Waals surface area contributed by atoms with E-state index in [2.05, 4.69) is 6.92 Å². The first kappa shape index (κ1) is 31.0. The first-order chi connectivity index (χ1) is 18.1. The van der Waals surface area contributed by atoms with Gasteiger partial charge >= 0.3 is 29.8 Å². The highest BCUT2D eigenvalue weighted by Crippen LogP contribution is 2.40. The zero-order valence-electron chi connectivity index (χ0n) is 22.5. The van der Waals surface area contributed by atoms with Crippen LogP contribution in [0.3, 0.4) is 0 Å². The minimum Gasteiger partial charge on any atom is -0.478 e. The van der Waals surface area contributed by atoms with Crippen molar-refractivity contribution in [2.45, 2.75) is 97.3 Å². The van der Waals surface area contributed by atoms with Crippen LogP contribution in [-0.2, 0) is 33.4 Å². The lowest BCUT2D eigenvalue weighted by Gasteiger charge is -2.21. The van der Waals surface area contributed by atoms with Crippen LogP contribution in [0.5, 0.6) is 0 Å². The predicted octanol–water partition coefficient (Wildman–Crippen LogP) is 5.29.